The Morgan fingerprint density at radius 3 is 2.78 bits per heavy atom. The minimum absolute atomic E-state index is 0.0471. The SMILES string of the molecule is O=C(c1cccc(Br)c1)N1CCN=C1SCc1ccc(F)cc1. The van der Waals surface area contributed by atoms with E-state index in [-0.39, 0.29) is 11.7 Å². The summed E-state index contributed by atoms with van der Waals surface area (Å²) in [5.74, 6) is 0.360. The Bertz CT molecular complexity index is 749. The highest BCUT2D eigenvalue weighted by Gasteiger charge is 2.25. The van der Waals surface area contributed by atoms with Gasteiger partial charge in [0.25, 0.3) is 5.91 Å². The molecular weight excluding hydrogens is 379 g/mol. The molecule has 2 aromatic carbocycles. The highest BCUT2D eigenvalue weighted by molar-refractivity contribution is 9.10. The van der Waals surface area contributed by atoms with Crippen molar-refractivity contribution >= 4 is 38.8 Å². The number of benzene rings is 2. The molecule has 0 fully saturated rings. The molecule has 23 heavy (non-hydrogen) atoms. The Hall–Kier alpha value is -1.66. The van der Waals surface area contributed by atoms with E-state index in [2.05, 4.69) is 20.9 Å². The quantitative estimate of drug-likeness (QED) is 0.778. The molecule has 0 N–H and O–H groups in total. The van der Waals surface area contributed by atoms with Crippen molar-refractivity contribution in [1.82, 2.24) is 4.90 Å². The molecule has 0 spiro atoms. The largest absolute Gasteiger partial charge is 0.286 e. The number of amides is 1. The van der Waals surface area contributed by atoms with Gasteiger partial charge in [-0.05, 0) is 35.9 Å². The number of halogens is 2. The fourth-order valence-electron chi connectivity index (χ4n) is 2.24. The molecule has 0 saturated carbocycles. The molecule has 1 heterocycles. The van der Waals surface area contributed by atoms with Gasteiger partial charge in [-0.15, -0.1) is 0 Å². The summed E-state index contributed by atoms with van der Waals surface area (Å²) in [6.45, 7) is 1.21. The van der Waals surface area contributed by atoms with Crippen molar-refractivity contribution in [2.24, 2.45) is 4.99 Å². The minimum Gasteiger partial charge on any atom is -0.286 e. The van der Waals surface area contributed by atoms with E-state index in [9.17, 15) is 9.18 Å². The van der Waals surface area contributed by atoms with Gasteiger partial charge in [-0.1, -0.05) is 45.9 Å². The van der Waals surface area contributed by atoms with Crippen molar-refractivity contribution in [3.05, 3.63) is 69.9 Å². The third-order valence-corrected chi connectivity index (χ3v) is 4.98. The summed E-state index contributed by atoms with van der Waals surface area (Å²) < 4.78 is 13.8. The highest BCUT2D eigenvalue weighted by atomic mass is 79.9. The van der Waals surface area contributed by atoms with Gasteiger partial charge in [-0.25, -0.2) is 4.39 Å². The van der Waals surface area contributed by atoms with Crippen LogP contribution < -0.4 is 0 Å². The second-order valence-electron chi connectivity index (χ2n) is 5.05. The van der Waals surface area contributed by atoms with Gasteiger partial charge in [0.05, 0.1) is 6.54 Å². The molecule has 0 bridgehead atoms. The van der Waals surface area contributed by atoms with Crippen LogP contribution in [0.1, 0.15) is 15.9 Å². The van der Waals surface area contributed by atoms with E-state index in [1.54, 1.807) is 23.1 Å². The first-order valence-electron chi connectivity index (χ1n) is 7.12. The summed E-state index contributed by atoms with van der Waals surface area (Å²) in [4.78, 5) is 18.7. The average Bonchev–Trinajstić information content (AvgIpc) is 3.02. The van der Waals surface area contributed by atoms with Crippen LogP contribution in [0.15, 0.2) is 58.0 Å². The number of aliphatic imine (C=N–C) groups is 1. The third kappa shape index (κ3) is 4.00. The number of thioether (sulfide) groups is 1. The number of hydrogen-bond acceptors (Lipinski definition) is 3. The first-order valence-corrected chi connectivity index (χ1v) is 8.90. The maximum absolute atomic E-state index is 12.9. The zero-order chi connectivity index (χ0) is 16.2. The summed E-state index contributed by atoms with van der Waals surface area (Å²) in [5.41, 5.74) is 1.64. The van der Waals surface area contributed by atoms with Gasteiger partial charge in [0.15, 0.2) is 5.17 Å². The molecule has 1 aliphatic heterocycles. The van der Waals surface area contributed by atoms with Crippen LogP contribution in [0.5, 0.6) is 0 Å². The average molecular weight is 393 g/mol. The van der Waals surface area contributed by atoms with Gasteiger partial charge in [0.1, 0.15) is 5.82 Å². The predicted molar refractivity (Wildman–Crippen MR) is 95.2 cm³/mol. The second kappa shape index (κ2) is 7.27. The number of rotatable bonds is 3. The molecule has 3 rings (SSSR count). The molecule has 0 aromatic heterocycles. The molecule has 0 aliphatic carbocycles. The third-order valence-electron chi connectivity index (χ3n) is 3.40. The fourth-order valence-corrected chi connectivity index (χ4v) is 3.64. The summed E-state index contributed by atoms with van der Waals surface area (Å²) in [6, 6.07) is 13.7. The lowest BCUT2D eigenvalue weighted by Gasteiger charge is -2.18. The highest BCUT2D eigenvalue weighted by Crippen LogP contribution is 2.22. The van der Waals surface area contributed by atoms with Crippen molar-refractivity contribution < 1.29 is 9.18 Å². The van der Waals surface area contributed by atoms with Crippen LogP contribution in [0.3, 0.4) is 0 Å². The Morgan fingerprint density at radius 1 is 1.26 bits per heavy atom. The molecular formula is C17H14BrFN2OS. The smallest absolute Gasteiger partial charge is 0.259 e. The molecule has 0 unspecified atom stereocenters. The topological polar surface area (TPSA) is 32.7 Å². The van der Waals surface area contributed by atoms with Gasteiger partial charge < -0.3 is 0 Å². The summed E-state index contributed by atoms with van der Waals surface area (Å²) in [7, 11) is 0. The molecule has 6 heteroatoms. The first-order chi connectivity index (χ1) is 11.1. The molecule has 118 valence electrons. The lowest BCUT2D eigenvalue weighted by molar-refractivity contribution is 0.0860. The number of amidine groups is 1. The molecule has 1 aliphatic rings. The normalized spacial score (nSPS) is 14.0. The fraction of sp³-hybridized carbons (Fsp3) is 0.176. The van der Waals surface area contributed by atoms with Crippen LogP contribution in [-0.2, 0) is 5.75 Å². The second-order valence-corrected chi connectivity index (χ2v) is 6.90. The van der Waals surface area contributed by atoms with E-state index in [0.29, 0.717) is 24.4 Å². The maximum Gasteiger partial charge on any atom is 0.259 e. The van der Waals surface area contributed by atoms with E-state index < -0.39 is 0 Å². The molecule has 2 aromatic rings. The number of nitrogens with zero attached hydrogens (tertiary/aromatic N) is 2. The van der Waals surface area contributed by atoms with Gasteiger partial charge >= 0.3 is 0 Å². The summed E-state index contributed by atoms with van der Waals surface area (Å²) in [5, 5.41) is 0.722. The minimum atomic E-state index is -0.247. The van der Waals surface area contributed by atoms with Gasteiger partial charge in [0, 0.05) is 22.3 Å². The van der Waals surface area contributed by atoms with Crippen LogP contribution in [0.2, 0.25) is 0 Å². The van der Waals surface area contributed by atoms with Crippen LogP contribution in [0.4, 0.5) is 4.39 Å². The number of carbonyl (C=O) groups excluding carboxylic acids is 1. The molecule has 3 nitrogen and oxygen atoms in total. The molecule has 0 radical (unpaired) electrons. The molecule has 0 atom stereocenters. The lowest BCUT2D eigenvalue weighted by Crippen LogP contribution is -2.32. The Morgan fingerprint density at radius 2 is 2.04 bits per heavy atom. The Kier molecular flexibility index (Phi) is 5.13. The van der Waals surface area contributed by atoms with E-state index in [4.69, 9.17) is 0 Å². The van der Waals surface area contributed by atoms with Crippen LogP contribution in [0, 0.1) is 5.82 Å². The van der Waals surface area contributed by atoms with Gasteiger partial charge in [-0.2, -0.15) is 0 Å². The van der Waals surface area contributed by atoms with E-state index in [0.717, 1.165) is 15.2 Å². The van der Waals surface area contributed by atoms with Crippen LogP contribution in [-0.4, -0.2) is 29.1 Å². The van der Waals surface area contributed by atoms with Crippen LogP contribution >= 0.6 is 27.7 Å². The lowest BCUT2D eigenvalue weighted by atomic mass is 10.2. The summed E-state index contributed by atoms with van der Waals surface area (Å²) >= 11 is 4.88. The number of carbonyl (C=O) groups is 1. The predicted octanol–water partition coefficient (Wildman–Crippen LogP) is 4.33. The van der Waals surface area contributed by atoms with E-state index >= 15 is 0 Å². The number of hydrogen-bond donors (Lipinski definition) is 0. The van der Waals surface area contributed by atoms with E-state index in [1.165, 1.54) is 23.9 Å². The molecule has 1 amide bonds. The first kappa shape index (κ1) is 16.2. The Labute approximate surface area is 146 Å². The monoisotopic (exact) mass is 392 g/mol. The van der Waals surface area contributed by atoms with Crippen molar-refractivity contribution in [3.63, 3.8) is 0 Å². The van der Waals surface area contributed by atoms with Crippen molar-refractivity contribution in [1.29, 1.82) is 0 Å². The van der Waals surface area contributed by atoms with Crippen LogP contribution in [0.25, 0.3) is 0 Å². The van der Waals surface area contributed by atoms with Gasteiger partial charge in [-0.3, -0.25) is 14.7 Å². The Balaban J connectivity index is 1.67. The van der Waals surface area contributed by atoms with Crippen molar-refractivity contribution in [2.75, 3.05) is 13.1 Å². The van der Waals surface area contributed by atoms with Gasteiger partial charge in [0.2, 0.25) is 0 Å². The van der Waals surface area contributed by atoms with Crippen molar-refractivity contribution in [3.8, 4) is 0 Å². The summed E-state index contributed by atoms with van der Waals surface area (Å²) in [6.07, 6.45) is 0. The standard InChI is InChI=1S/C17H14BrFN2OS/c18-14-3-1-2-13(10-14)16(22)21-9-8-20-17(21)23-11-12-4-6-15(19)7-5-12/h1-7,10H,8-9,11H2. The zero-order valence-electron chi connectivity index (χ0n) is 12.2. The zero-order valence-corrected chi connectivity index (χ0v) is 14.6. The maximum atomic E-state index is 12.9. The van der Waals surface area contributed by atoms with E-state index in [1.807, 2.05) is 18.2 Å². The molecule has 0 saturated heterocycles. The van der Waals surface area contributed by atoms with Crippen molar-refractivity contribution in [2.45, 2.75) is 5.75 Å².